The van der Waals surface area contributed by atoms with E-state index in [-0.39, 0.29) is 5.54 Å². The van der Waals surface area contributed by atoms with Gasteiger partial charge < -0.3 is 10.6 Å². The number of piperazine rings is 1. The van der Waals surface area contributed by atoms with Crippen LogP contribution in [-0.4, -0.2) is 78.6 Å². The number of nitrogens with two attached hydrogens (primary N) is 1. The maximum atomic E-state index is 6.34. The van der Waals surface area contributed by atoms with E-state index in [0.717, 1.165) is 12.6 Å². The SMILES string of the molecule is CC1CN2CCCCC2CN1C1(CN)CCCN(C)CC1. The molecule has 4 nitrogen and oxygen atoms in total. The molecule has 0 saturated carbocycles. The van der Waals surface area contributed by atoms with E-state index in [1.807, 2.05) is 0 Å². The molecule has 0 aromatic rings. The number of hydrogen-bond acceptors (Lipinski definition) is 4. The number of hydrogen-bond donors (Lipinski definition) is 1. The Bertz CT molecular complexity index is 348. The highest BCUT2D eigenvalue weighted by atomic mass is 15.3. The zero-order valence-electron chi connectivity index (χ0n) is 14.1. The van der Waals surface area contributed by atoms with E-state index in [4.69, 9.17) is 5.73 Å². The fourth-order valence-electron chi connectivity index (χ4n) is 4.94. The first-order valence-corrected chi connectivity index (χ1v) is 9.04. The normalized spacial score (nSPS) is 40.7. The molecule has 0 bridgehead atoms. The molecule has 3 unspecified atom stereocenters. The summed E-state index contributed by atoms with van der Waals surface area (Å²) in [5, 5.41) is 0. The predicted molar refractivity (Wildman–Crippen MR) is 88.5 cm³/mol. The molecule has 0 amide bonds. The molecule has 122 valence electrons. The van der Waals surface area contributed by atoms with Crippen LogP contribution in [0, 0.1) is 0 Å². The molecule has 0 aromatic heterocycles. The van der Waals surface area contributed by atoms with Crippen LogP contribution in [0.25, 0.3) is 0 Å². The van der Waals surface area contributed by atoms with Crippen molar-refractivity contribution in [2.45, 2.75) is 63.1 Å². The monoisotopic (exact) mass is 294 g/mol. The molecule has 2 N–H and O–H groups in total. The quantitative estimate of drug-likeness (QED) is 0.834. The smallest absolute Gasteiger partial charge is 0.0348 e. The van der Waals surface area contributed by atoms with E-state index >= 15 is 0 Å². The third-order valence-corrected chi connectivity index (χ3v) is 6.32. The summed E-state index contributed by atoms with van der Waals surface area (Å²) in [5.74, 6) is 0. The predicted octanol–water partition coefficient (Wildman–Crippen LogP) is 1.36. The molecule has 3 aliphatic heterocycles. The van der Waals surface area contributed by atoms with E-state index in [0.29, 0.717) is 6.04 Å². The van der Waals surface area contributed by atoms with Crippen molar-refractivity contribution < 1.29 is 0 Å². The number of nitrogens with zero attached hydrogens (tertiary/aromatic N) is 3. The molecule has 0 aromatic carbocycles. The first-order chi connectivity index (χ1) is 10.1. The van der Waals surface area contributed by atoms with Gasteiger partial charge in [-0.2, -0.15) is 0 Å². The average Bonchev–Trinajstić information content (AvgIpc) is 2.69. The Labute approximate surface area is 130 Å². The van der Waals surface area contributed by atoms with E-state index in [1.165, 1.54) is 71.2 Å². The van der Waals surface area contributed by atoms with Crippen molar-refractivity contribution >= 4 is 0 Å². The van der Waals surface area contributed by atoms with Gasteiger partial charge >= 0.3 is 0 Å². The van der Waals surface area contributed by atoms with Crippen molar-refractivity contribution in [1.82, 2.24) is 14.7 Å². The largest absolute Gasteiger partial charge is 0.329 e. The molecule has 3 saturated heterocycles. The summed E-state index contributed by atoms with van der Waals surface area (Å²) in [6.07, 6.45) is 8.04. The fraction of sp³-hybridized carbons (Fsp3) is 1.00. The van der Waals surface area contributed by atoms with Crippen LogP contribution in [0.3, 0.4) is 0 Å². The first kappa shape index (κ1) is 15.7. The molecular weight excluding hydrogens is 260 g/mol. The Hall–Kier alpha value is -0.160. The van der Waals surface area contributed by atoms with Crippen LogP contribution >= 0.6 is 0 Å². The van der Waals surface area contributed by atoms with E-state index in [1.54, 1.807) is 0 Å². The molecule has 0 aliphatic carbocycles. The summed E-state index contributed by atoms with van der Waals surface area (Å²) in [6, 6.07) is 1.45. The molecular formula is C17H34N4. The second-order valence-electron chi connectivity index (χ2n) is 7.73. The lowest BCUT2D eigenvalue weighted by Crippen LogP contribution is -2.67. The second kappa shape index (κ2) is 6.53. The van der Waals surface area contributed by atoms with Gasteiger partial charge in [0, 0.05) is 37.3 Å². The summed E-state index contributed by atoms with van der Waals surface area (Å²) >= 11 is 0. The lowest BCUT2D eigenvalue weighted by molar-refractivity contribution is -0.0503. The summed E-state index contributed by atoms with van der Waals surface area (Å²) in [4.78, 5) is 8.05. The molecule has 4 heteroatoms. The van der Waals surface area contributed by atoms with Gasteiger partial charge in [-0.15, -0.1) is 0 Å². The fourth-order valence-corrected chi connectivity index (χ4v) is 4.94. The summed E-state index contributed by atoms with van der Waals surface area (Å²) < 4.78 is 0. The molecule has 3 heterocycles. The van der Waals surface area contributed by atoms with Gasteiger partial charge in [0.1, 0.15) is 0 Å². The highest BCUT2D eigenvalue weighted by Crippen LogP contribution is 2.34. The zero-order valence-corrected chi connectivity index (χ0v) is 14.1. The van der Waals surface area contributed by atoms with Crippen molar-refractivity contribution in [3.05, 3.63) is 0 Å². The van der Waals surface area contributed by atoms with Crippen molar-refractivity contribution in [3.8, 4) is 0 Å². The van der Waals surface area contributed by atoms with Gasteiger partial charge in [0.15, 0.2) is 0 Å². The van der Waals surface area contributed by atoms with Crippen LogP contribution in [-0.2, 0) is 0 Å². The van der Waals surface area contributed by atoms with E-state index in [9.17, 15) is 0 Å². The lowest BCUT2D eigenvalue weighted by atomic mass is 9.84. The minimum Gasteiger partial charge on any atom is -0.329 e. The third kappa shape index (κ3) is 3.14. The van der Waals surface area contributed by atoms with Crippen molar-refractivity contribution in [1.29, 1.82) is 0 Å². The zero-order chi connectivity index (χ0) is 14.9. The molecule has 3 aliphatic rings. The number of likely N-dealkylation sites (tertiary alicyclic amines) is 1. The van der Waals surface area contributed by atoms with Gasteiger partial charge in [0.25, 0.3) is 0 Å². The van der Waals surface area contributed by atoms with Gasteiger partial charge in [-0.25, -0.2) is 0 Å². The molecule has 3 rings (SSSR count). The van der Waals surface area contributed by atoms with Crippen LogP contribution in [0.15, 0.2) is 0 Å². The molecule has 3 atom stereocenters. The first-order valence-electron chi connectivity index (χ1n) is 9.04. The minimum absolute atomic E-state index is 0.258. The summed E-state index contributed by atoms with van der Waals surface area (Å²) in [7, 11) is 2.26. The van der Waals surface area contributed by atoms with E-state index in [2.05, 4.69) is 28.7 Å². The summed E-state index contributed by atoms with van der Waals surface area (Å²) in [6.45, 7) is 9.52. The minimum atomic E-state index is 0.258. The van der Waals surface area contributed by atoms with Crippen LogP contribution in [0.2, 0.25) is 0 Å². The highest BCUT2D eigenvalue weighted by Gasteiger charge is 2.44. The second-order valence-corrected chi connectivity index (χ2v) is 7.73. The Morgan fingerprint density at radius 2 is 1.90 bits per heavy atom. The molecule has 21 heavy (non-hydrogen) atoms. The maximum Gasteiger partial charge on any atom is 0.0348 e. The average molecular weight is 294 g/mol. The van der Waals surface area contributed by atoms with Gasteiger partial charge in [0.2, 0.25) is 0 Å². The topological polar surface area (TPSA) is 35.7 Å². The Morgan fingerprint density at radius 1 is 1.05 bits per heavy atom. The van der Waals surface area contributed by atoms with Crippen LogP contribution in [0.4, 0.5) is 0 Å². The van der Waals surface area contributed by atoms with Crippen molar-refractivity contribution in [2.24, 2.45) is 5.73 Å². The Morgan fingerprint density at radius 3 is 2.71 bits per heavy atom. The summed E-state index contributed by atoms with van der Waals surface area (Å²) in [5.41, 5.74) is 6.60. The van der Waals surface area contributed by atoms with Crippen LogP contribution < -0.4 is 5.73 Å². The van der Waals surface area contributed by atoms with Gasteiger partial charge in [-0.1, -0.05) is 6.42 Å². The Kier molecular flexibility index (Phi) is 4.89. The maximum absolute atomic E-state index is 6.34. The van der Waals surface area contributed by atoms with Crippen LogP contribution in [0.5, 0.6) is 0 Å². The van der Waals surface area contributed by atoms with Gasteiger partial charge in [-0.05, 0) is 65.7 Å². The van der Waals surface area contributed by atoms with Gasteiger partial charge in [-0.3, -0.25) is 9.80 Å². The number of piperidine rings is 1. The Balaban J connectivity index is 1.75. The molecule has 0 radical (unpaired) electrons. The van der Waals surface area contributed by atoms with Crippen LogP contribution in [0.1, 0.15) is 45.4 Å². The number of fused-ring (bicyclic) bond motifs is 1. The van der Waals surface area contributed by atoms with Crippen molar-refractivity contribution in [2.75, 3.05) is 46.3 Å². The lowest BCUT2D eigenvalue weighted by Gasteiger charge is -2.55. The molecule has 0 spiro atoms. The van der Waals surface area contributed by atoms with Gasteiger partial charge in [0.05, 0.1) is 0 Å². The van der Waals surface area contributed by atoms with E-state index < -0.39 is 0 Å². The third-order valence-electron chi connectivity index (χ3n) is 6.32. The standard InChI is InChI=1S/C17H34N4/c1-15-12-20-10-4-3-6-16(20)13-21(15)17(14-18)7-5-9-19(2)11-8-17/h15-16H,3-14,18H2,1-2H3. The molecule has 3 fully saturated rings. The number of rotatable bonds is 2. The highest BCUT2D eigenvalue weighted by molar-refractivity contribution is 5.01. The van der Waals surface area contributed by atoms with Crippen molar-refractivity contribution in [3.63, 3.8) is 0 Å².